The maximum Gasteiger partial charge on any atom is 0.180 e. The zero-order valence-electron chi connectivity index (χ0n) is 20.8. The van der Waals surface area contributed by atoms with E-state index in [4.69, 9.17) is 28.9 Å². The van der Waals surface area contributed by atoms with Gasteiger partial charge in [0.1, 0.15) is 26.4 Å². The fourth-order valence-electron chi connectivity index (χ4n) is 5.27. The van der Waals surface area contributed by atoms with Crippen molar-refractivity contribution in [1.82, 2.24) is 9.97 Å². The number of thiophene rings is 2. The molecule has 0 spiro atoms. The molecule has 0 saturated carbocycles. The van der Waals surface area contributed by atoms with Gasteiger partial charge in [0.2, 0.25) is 0 Å². The number of rotatable bonds is 4. The molecule has 3 aromatic heterocycles. The zero-order chi connectivity index (χ0) is 25.8. The molecule has 2 aliphatic heterocycles. The first-order chi connectivity index (χ1) is 19.3. The first kappa shape index (κ1) is 22.8. The lowest BCUT2D eigenvalue weighted by Gasteiger charge is -2.19. The van der Waals surface area contributed by atoms with Crippen LogP contribution < -0.4 is 18.9 Å². The third-order valence-electron chi connectivity index (χ3n) is 7.05. The summed E-state index contributed by atoms with van der Waals surface area (Å²) < 4.78 is 23.9. The maximum atomic E-state index is 6.08. The molecule has 8 heteroatoms. The second-order valence-corrected chi connectivity index (χ2v) is 11.1. The molecule has 0 amide bonds. The highest BCUT2D eigenvalue weighted by Gasteiger charge is 2.28. The molecule has 0 fully saturated rings. The Morgan fingerprint density at radius 3 is 1.82 bits per heavy atom. The average Bonchev–Trinajstić information content (AvgIpc) is 3.77. The average molecular weight is 551 g/mol. The van der Waals surface area contributed by atoms with Crippen molar-refractivity contribution in [2.45, 2.75) is 5.92 Å². The minimum absolute atomic E-state index is 0.0386. The quantitative estimate of drug-likeness (QED) is 0.231. The maximum absolute atomic E-state index is 6.08. The Labute approximate surface area is 232 Å². The lowest BCUT2D eigenvalue weighted by molar-refractivity contribution is 0.174. The molecule has 192 valence electrons. The third-order valence-corrected chi connectivity index (χ3v) is 9.00. The van der Waals surface area contributed by atoms with Crippen LogP contribution in [0.4, 0.5) is 0 Å². The second kappa shape index (κ2) is 9.25. The van der Waals surface area contributed by atoms with E-state index in [0.717, 1.165) is 71.9 Å². The molecule has 6 nitrogen and oxygen atoms in total. The summed E-state index contributed by atoms with van der Waals surface area (Å²) in [5.41, 5.74) is 6.43. The van der Waals surface area contributed by atoms with Crippen molar-refractivity contribution >= 4 is 33.7 Å². The highest BCUT2D eigenvalue weighted by atomic mass is 32.1. The lowest BCUT2D eigenvalue weighted by Crippen LogP contribution is -2.14. The van der Waals surface area contributed by atoms with Crippen LogP contribution in [0.15, 0.2) is 77.5 Å². The topological polar surface area (TPSA) is 62.7 Å². The second-order valence-electron chi connectivity index (χ2n) is 9.39. The van der Waals surface area contributed by atoms with E-state index < -0.39 is 0 Å². The Kier molecular flexibility index (Phi) is 5.41. The number of allylic oxidation sites excluding steroid dienone is 4. The van der Waals surface area contributed by atoms with Crippen molar-refractivity contribution in [2.24, 2.45) is 0 Å². The van der Waals surface area contributed by atoms with Crippen LogP contribution in [0.2, 0.25) is 0 Å². The van der Waals surface area contributed by atoms with Gasteiger partial charge in [0.15, 0.2) is 23.0 Å². The van der Waals surface area contributed by atoms with E-state index >= 15 is 0 Å². The van der Waals surface area contributed by atoms with Gasteiger partial charge < -0.3 is 18.9 Å². The first-order valence-electron chi connectivity index (χ1n) is 12.8. The van der Waals surface area contributed by atoms with Gasteiger partial charge in [0.05, 0.1) is 32.2 Å². The number of hydrogen-bond donors (Lipinski definition) is 0. The smallest absolute Gasteiger partial charge is 0.180 e. The van der Waals surface area contributed by atoms with Crippen LogP contribution in [0, 0.1) is 0 Å². The van der Waals surface area contributed by atoms with Crippen molar-refractivity contribution in [3.8, 4) is 55.1 Å². The van der Waals surface area contributed by atoms with Gasteiger partial charge in [-0.25, -0.2) is 9.97 Å². The van der Waals surface area contributed by atoms with Gasteiger partial charge in [-0.2, -0.15) is 0 Å². The number of hydrogen-bond acceptors (Lipinski definition) is 8. The molecule has 0 N–H and O–H groups in total. The normalized spacial score (nSPS) is 15.8. The van der Waals surface area contributed by atoms with Crippen LogP contribution in [-0.4, -0.2) is 36.4 Å². The molecule has 5 heterocycles. The summed E-state index contributed by atoms with van der Waals surface area (Å²) >= 11 is 3.22. The number of aromatic nitrogens is 2. The Morgan fingerprint density at radius 2 is 1.21 bits per heavy atom. The van der Waals surface area contributed by atoms with Crippen LogP contribution in [0.25, 0.3) is 43.2 Å². The number of benzene rings is 2. The summed E-state index contributed by atoms with van der Waals surface area (Å²) in [5.74, 6) is 3.16. The van der Waals surface area contributed by atoms with Crippen LogP contribution in [-0.2, 0) is 0 Å². The molecule has 3 aliphatic rings. The summed E-state index contributed by atoms with van der Waals surface area (Å²) in [6, 6.07) is 14.5. The van der Waals surface area contributed by atoms with E-state index in [1.54, 1.807) is 22.7 Å². The highest BCUT2D eigenvalue weighted by Crippen LogP contribution is 2.51. The van der Waals surface area contributed by atoms with Gasteiger partial charge in [-0.15, -0.1) is 22.7 Å². The Morgan fingerprint density at radius 1 is 0.641 bits per heavy atom. The summed E-state index contributed by atoms with van der Waals surface area (Å²) in [5, 5.41) is 4.03. The molecule has 0 saturated heterocycles. The lowest BCUT2D eigenvalue weighted by atomic mass is 9.98. The zero-order valence-corrected chi connectivity index (χ0v) is 22.4. The van der Waals surface area contributed by atoms with Crippen LogP contribution in [0.1, 0.15) is 11.6 Å². The van der Waals surface area contributed by atoms with Gasteiger partial charge >= 0.3 is 0 Å². The number of nitrogens with zero attached hydrogens (tertiary/aromatic N) is 2. The molecule has 0 bridgehead atoms. The summed E-state index contributed by atoms with van der Waals surface area (Å²) in [7, 11) is 0. The van der Waals surface area contributed by atoms with E-state index in [9.17, 15) is 0 Å². The van der Waals surface area contributed by atoms with E-state index in [1.807, 2.05) is 29.0 Å². The van der Waals surface area contributed by atoms with Gasteiger partial charge in [-0.05, 0) is 0 Å². The van der Waals surface area contributed by atoms with Crippen LogP contribution in [0.5, 0.6) is 23.0 Å². The van der Waals surface area contributed by atoms with Crippen molar-refractivity contribution in [3.63, 3.8) is 0 Å². The van der Waals surface area contributed by atoms with Crippen LogP contribution in [0.3, 0.4) is 0 Å². The van der Waals surface area contributed by atoms with E-state index in [-0.39, 0.29) is 5.92 Å². The van der Waals surface area contributed by atoms with Crippen molar-refractivity contribution in [2.75, 3.05) is 26.4 Å². The van der Waals surface area contributed by atoms with Gasteiger partial charge in [0, 0.05) is 33.4 Å². The molecule has 2 aromatic carbocycles. The molecule has 0 atom stereocenters. The van der Waals surface area contributed by atoms with Crippen LogP contribution >= 0.6 is 22.7 Å². The molecule has 8 rings (SSSR count). The monoisotopic (exact) mass is 550 g/mol. The first-order valence-corrected chi connectivity index (χ1v) is 14.6. The largest absolute Gasteiger partial charge is 0.485 e. The minimum Gasteiger partial charge on any atom is -0.485 e. The molecule has 0 unspecified atom stereocenters. The fourth-order valence-corrected chi connectivity index (χ4v) is 7.18. The Balaban J connectivity index is 1.44. The Bertz CT molecular complexity index is 1780. The summed E-state index contributed by atoms with van der Waals surface area (Å²) in [6.07, 6.45) is 8.46. The third kappa shape index (κ3) is 3.74. The molecule has 39 heavy (non-hydrogen) atoms. The van der Waals surface area contributed by atoms with E-state index in [2.05, 4.69) is 48.6 Å². The van der Waals surface area contributed by atoms with E-state index in [0.29, 0.717) is 26.4 Å². The van der Waals surface area contributed by atoms with Crippen molar-refractivity contribution in [3.05, 3.63) is 83.2 Å². The molecule has 1 aliphatic carbocycles. The van der Waals surface area contributed by atoms with Crippen molar-refractivity contribution in [1.29, 1.82) is 0 Å². The standard InChI is InChI=1S/C31H22N2O4S2/c1-2-6-18(7-3-1)24-25(19-8-4-5-9-19)33-27-21(31-29-23(17-39-31)35-13-15-37-29)11-10-20(26(27)32-24)30-28-22(16-38-30)34-12-14-36-28/h1-11,16-17,19H,12-15H2. The van der Waals surface area contributed by atoms with Gasteiger partial charge in [0.25, 0.3) is 0 Å². The Hall–Kier alpha value is -4.14. The summed E-state index contributed by atoms with van der Waals surface area (Å²) in [6.45, 7) is 2.16. The molecule has 0 radical (unpaired) electrons. The van der Waals surface area contributed by atoms with Crippen molar-refractivity contribution < 1.29 is 18.9 Å². The minimum atomic E-state index is 0.0386. The van der Waals surface area contributed by atoms with E-state index in [1.165, 1.54) is 0 Å². The molecular weight excluding hydrogens is 528 g/mol. The molecular formula is C31H22N2O4S2. The predicted octanol–water partition coefficient (Wildman–Crippen LogP) is 7.51. The van der Waals surface area contributed by atoms with Gasteiger partial charge in [-0.1, -0.05) is 66.8 Å². The predicted molar refractivity (Wildman–Crippen MR) is 155 cm³/mol. The number of ether oxygens (including phenoxy) is 4. The summed E-state index contributed by atoms with van der Waals surface area (Å²) in [4.78, 5) is 12.8. The van der Waals surface area contributed by atoms with Gasteiger partial charge in [-0.3, -0.25) is 0 Å². The fraction of sp³-hybridized carbons (Fsp3) is 0.161. The molecule has 5 aromatic rings. The highest BCUT2D eigenvalue weighted by molar-refractivity contribution is 7.15. The SMILES string of the molecule is C1=CC(c2nc3c(-c4scc5c4OCCO5)ccc(-c4scc5c4OCCO5)c3nc2-c2ccccc2)C=C1. The number of fused-ring (bicyclic) bond motifs is 3.